The largest absolute Gasteiger partial charge is 0.384 e. The Kier molecular flexibility index (Phi) is 3.68. The molecule has 0 radical (unpaired) electrons. The van der Waals surface area contributed by atoms with E-state index in [1.165, 1.54) is 4.21 Å². The van der Waals surface area contributed by atoms with Crippen LogP contribution < -0.4 is 5.73 Å². The second-order valence-corrected chi connectivity index (χ2v) is 6.24. The Hall–Kier alpha value is -0.780. The van der Waals surface area contributed by atoms with E-state index >= 15 is 0 Å². The van der Waals surface area contributed by atoms with Crippen molar-refractivity contribution in [2.24, 2.45) is 5.73 Å². The topological polar surface area (TPSA) is 49.9 Å². The van der Waals surface area contributed by atoms with Gasteiger partial charge in [-0.2, -0.15) is 0 Å². The quantitative estimate of drug-likeness (QED) is 0.666. The smallest absolute Gasteiger partial charge is 0.122 e. The van der Waals surface area contributed by atoms with Crippen molar-refractivity contribution < 1.29 is 0 Å². The molecule has 2 aromatic rings. The maximum Gasteiger partial charge on any atom is 0.122 e. The summed E-state index contributed by atoms with van der Waals surface area (Å²) >= 11 is 6.91. The number of rotatable bonds is 3. The van der Waals surface area contributed by atoms with Gasteiger partial charge in [0.15, 0.2) is 0 Å². The second kappa shape index (κ2) is 5.03. The number of thiophene rings is 1. The number of nitrogens with one attached hydrogen (secondary N) is 1. The van der Waals surface area contributed by atoms with E-state index in [1.54, 1.807) is 23.1 Å². The molecule has 0 saturated heterocycles. The Morgan fingerprint density at radius 1 is 1.38 bits per heavy atom. The standard InChI is InChI=1S/C11H9BrN2S2/c12-8-6-7(11(13)14)3-4-9(8)16-10-2-1-5-15-10/h1-6H,(H3,13,14). The predicted molar refractivity (Wildman–Crippen MR) is 73.6 cm³/mol. The average molecular weight is 313 g/mol. The first-order valence-electron chi connectivity index (χ1n) is 4.52. The van der Waals surface area contributed by atoms with Gasteiger partial charge in [0.1, 0.15) is 5.84 Å². The van der Waals surface area contributed by atoms with Gasteiger partial charge in [-0.15, -0.1) is 11.3 Å². The van der Waals surface area contributed by atoms with Crippen LogP contribution in [0.15, 0.2) is 49.3 Å². The third-order valence-electron chi connectivity index (χ3n) is 1.95. The zero-order valence-electron chi connectivity index (χ0n) is 8.24. The first-order valence-corrected chi connectivity index (χ1v) is 7.01. The van der Waals surface area contributed by atoms with Crippen molar-refractivity contribution in [3.8, 4) is 0 Å². The third kappa shape index (κ3) is 2.66. The van der Waals surface area contributed by atoms with Crippen LogP contribution in [0.5, 0.6) is 0 Å². The number of amidine groups is 1. The Morgan fingerprint density at radius 3 is 2.75 bits per heavy atom. The highest BCUT2D eigenvalue weighted by Crippen LogP contribution is 2.36. The van der Waals surface area contributed by atoms with Crippen LogP contribution in [0, 0.1) is 5.41 Å². The first kappa shape index (κ1) is 11.7. The molecular formula is C11H9BrN2S2. The molecule has 3 N–H and O–H groups in total. The molecule has 0 atom stereocenters. The van der Waals surface area contributed by atoms with Crippen molar-refractivity contribution in [1.82, 2.24) is 0 Å². The number of nitrogen functional groups attached to an aromatic ring is 1. The Balaban J connectivity index is 2.26. The lowest BCUT2D eigenvalue weighted by atomic mass is 10.2. The summed E-state index contributed by atoms with van der Waals surface area (Å²) in [5, 5.41) is 9.41. The normalized spacial score (nSPS) is 10.3. The SMILES string of the molecule is N=C(N)c1ccc(Sc2cccs2)c(Br)c1. The van der Waals surface area contributed by atoms with Gasteiger partial charge < -0.3 is 5.73 Å². The van der Waals surface area contributed by atoms with Gasteiger partial charge in [0.05, 0.1) is 4.21 Å². The molecular weight excluding hydrogens is 304 g/mol. The summed E-state index contributed by atoms with van der Waals surface area (Å²) in [4.78, 5) is 1.13. The van der Waals surface area contributed by atoms with E-state index in [0.717, 1.165) is 14.9 Å². The molecule has 5 heteroatoms. The molecule has 1 heterocycles. The van der Waals surface area contributed by atoms with Crippen molar-refractivity contribution in [2.45, 2.75) is 9.10 Å². The van der Waals surface area contributed by atoms with Gasteiger partial charge in [0.25, 0.3) is 0 Å². The van der Waals surface area contributed by atoms with Crippen LogP contribution in [0.2, 0.25) is 0 Å². The van der Waals surface area contributed by atoms with Crippen molar-refractivity contribution >= 4 is 44.9 Å². The van der Waals surface area contributed by atoms with E-state index in [4.69, 9.17) is 11.1 Å². The van der Waals surface area contributed by atoms with Gasteiger partial charge >= 0.3 is 0 Å². The van der Waals surface area contributed by atoms with E-state index in [2.05, 4.69) is 27.4 Å². The van der Waals surface area contributed by atoms with Crippen LogP contribution >= 0.6 is 39.0 Å². The zero-order valence-corrected chi connectivity index (χ0v) is 11.5. The lowest BCUT2D eigenvalue weighted by Gasteiger charge is -2.04. The maximum atomic E-state index is 7.35. The number of nitrogens with two attached hydrogens (primary N) is 1. The monoisotopic (exact) mass is 312 g/mol. The van der Waals surface area contributed by atoms with Crippen molar-refractivity contribution in [2.75, 3.05) is 0 Å². The Labute approximate surface area is 111 Å². The van der Waals surface area contributed by atoms with E-state index < -0.39 is 0 Å². The van der Waals surface area contributed by atoms with E-state index in [0.29, 0.717) is 0 Å². The Bertz CT molecular complexity index is 509. The molecule has 0 fully saturated rings. The number of benzene rings is 1. The number of halogens is 1. The van der Waals surface area contributed by atoms with Crippen LogP contribution in [0.3, 0.4) is 0 Å². The molecule has 0 saturated carbocycles. The summed E-state index contributed by atoms with van der Waals surface area (Å²) in [6.07, 6.45) is 0. The molecule has 2 rings (SSSR count). The molecule has 0 aliphatic carbocycles. The summed E-state index contributed by atoms with van der Waals surface area (Å²) in [7, 11) is 0. The second-order valence-electron chi connectivity index (χ2n) is 3.09. The summed E-state index contributed by atoms with van der Waals surface area (Å²) in [5.74, 6) is 0.0911. The van der Waals surface area contributed by atoms with E-state index in [9.17, 15) is 0 Å². The highest BCUT2D eigenvalue weighted by Gasteiger charge is 2.05. The van der Waals surface area contributed by atoms with Crippen LogP contribution in [-0.4, -0.2) is 5.84 Å². The van der Waals surface area contributed by atoms with E-state index in [1.807, 2.05) is 24.3 Å². The minimum absolute atomic E-state index is 0.0911. The summed E-state index contributed by atoms with van der Waals surface area (Å²) in [6.45, 7) is 0. The molecule has 0 amide bonds. The fourth-order valence-electron chi connectivity index (χ4n) is 1.18. The predicted octanol–water partition coefficient (Wildman–Crippen LogP) is 3.95. The van der Waals surface area contributed by atoms with Gasteiger partial charge in [0.2, 0.25) is 0 Å². The van der Waals surface area contributed by atoms with Crippen molar-refractivity contribution in [3.63, 3.8) is 0 Å². The van der Waals surface area contributed by atoms with Gasteiger partial charge in [-0.3, -0.25) is 5.41 Å². The molecule has 0 aliphatic heterocycles. The molecule has 0 unspecified atom stereocenters. The molecule has 0 aliphatic rings. The molecule has 1 aromatic carbocycles. The van der Waals surface area contributed by atoms with Crippen molar-refractivity contribution in [1.29, 1.82) is 5.41 Å². The number of hydrogen-bond donors (Lipinski definition) is 2. The molecule has 2 nitrogen and oxygen atoms in total. The van der Waals surface area contributed by atoms with E-state index in [-0.39, 0.29) is 5.84 Å². The van der Waals surface area contributed by atoms with Crippen LogP contribution in [0.4, 0.5) is 0 Å². The minimum Gasteiger partial charge on any atom is -0.384 e. The number of hydrogen-bond acceptors (Lipinski definition) is 3. The molecule has 0 spiro atoms. The first-order chi connectivity index (χ1) is 7.66. The molecule has 0 bridgehead atoms. The van der Waals surface area contributed by atoms with Crippen LogP contribution in [0.25, 0.3) is 0 Å². The fourth-order valence-corrected chi connectivity index (χ4v) is 3.54. The highest BCUT2D eigenvalue weighted by atomic mass is 79.9. The average Bonchev–Trinajstić information content (AvgIpc) is 2.73. The summed E-state index contributed by atoms with van der Waals surface area (Å²) in [6, 6.07) is 9.83. The van der Waals surface area contributed by atoms with Gasteiger partial charge in [0, 0.05) is 14.9 Å². The van der Waals surface area contributed by atoms with Crippen molar-refractivity contribution in [3.05, 3.63) is 45.7 Å². The maximum absolute atomic E-state index is 7.35. The molecule has 1 aromatic heterocycles. The summed E-state index contributed by atoms with van der Waals surface area (Å²) < 4.78 is 2.22. The highest BCUT2D eigenvalue weighted by molar-refractivity contribution is 9.10. The third-order valence-corrected chi connectivity index (χ3v) is 4.98. The Morgan fingerprint density at radius 2 is 2.19 bits per heavy atom. The molecule has 16 heavy (non-hydrogen) atoms. The van der Waals surface area contributed by atoms with Crippen LogP contribution in [0.1, 0.15) is 5.56 Å². The lowest BCUT2D eigenvalue weighted by molar-refractivity contribution is 1.35. The summed E-state index contributed by atoms with van der Waals surface area (Å²) in [5.41, 5.74) is 6.16. The minimum atomic E-state index is 0.0911. The van der Waals surface area contributed by atoms with Gasteiger partial charge in [-0.25, -0.2) is 0 Å². The molecule has 82 valence electrons. The lowest BCUT2D eigenvalue weighted by Crippen LogP contribution is -2.10. The fraction of sp³-hybridized carbons (Fsp3) is 0. The van der Waals surface area contributed by atoms with Gasteiger partial charge in [-0.05, 0) is 39.5 Å². The van der Waals surface area contributed by atoms with Crippen LogP contribution in [-0.2, 0) is 0 Å². The zero-order chi connectivity index (χ0) is 11.5. The van der Waals surface area contributed by atoms with Gasteiger partial charge in [-0.1, -0.05) is 23.9 Å².